The molecule has 3 N–H and O–H groups in total. The lowest BCUT2D eigenvalue weighted by atomic mass is 9.98. The van der Waals surface area contributed by atoms with Crippen molar-refractivity contribution in [2.24, 2.45) is 0 Å². The van der Waals surface area contributed by atoms with Crippen LogP contribution in [0.2, 0.25) is 0 Å². The topological polar surface area (TPSA) is 114 Å². The van der Waals surface area contributed by atoms with E-state index in [-0.39, 0.29) is 37.9 Å². The summed E-state index contributed by atoms with van der Waals surface area (Å²) < 4.78 is 10.7. The van der Waals surface area contributed by atoms with Crippen LogP contribution in [0.4, 0.5) is 4.79 Å². The maximum atomic E-state index is 12.2. The molecular weight excluding hydrogens is 448 g/mol. The second-order valence-electron chi connectivity index (χ2n) is 9.15. The van der Waals surface area contributed by atoms with E-state index in [1.165, 1.54) is 22.3 Å². The van der Waals surface area contributed by atoms with Gasteiger partial charge in [0.25, 0.3) is 0 Å². The highest BCUT2D eigenvalue weighted by atomic mass is 16.5. The molecule has 0 radical (unpaired) electrons. The van der Waals surface area contributed by atoms with Crippen molar-refractivity contribution in [1.29, 1.82) is 0 Å². The Kier molecular flexibility index (Phi) is 8.02. The Morgan fingerprint density at radius 1 is 0.971 bits per heavy atom. The molecule has 0 bridgehead atoms. The maximum Gasteiger partial charge on any atom is 0.407 e. The number of carboxylic acids is 1. The van der Waals surface area contributed by atoms with Crippen molar-refractivity contribution >= 4 is 18.0 Å². The van der Waals surface area contributed by atoms with Crippen LogP contribution in [0.5, 0.6) is 0 Å². The molecule has 1 aliphatic heterocycles. The zero-order chi connectivity index (χ0) is 24.7. The van der Waals surface area contributed by atoms with Crippen LogP contribution in [-0.4, -0.2) is 55.0 Å². The van der Waals surface area contributed by atoms with Gasteiger partial charge in [-0.15, -0.1) is 0 Å². The highest BCUT2D eigenvalue weighted by molar-refractivity contribution is 5.87. The van der Waals surface area contributed by atoms with Gasteiger partial charge in [-0.3, -0.25) is 4.79 Å². The molecule has 1 unspecified atom stereocenters. The summed E-state index contributed by atoms with van der Waals surface area (Å²) >= 11 is 0. The van der Waals surface area contributed by atoms with Gasteiger partial charge in [0.2, 0.25) is 5.91 Å². The highest BCUT2D eigenvalue weighted by Gasteiger charge is 2.43. The first-order chi connectivity index (χ1) is 17.0. The molecule has 2 aromatic rings. The number of carbonyl (C=O) groups excluding carboxylic acids is 2. The van der Waals surface area contributed by atoms with E-state index in [1.807, 2.05) is 24.3 Å². The minimum Gasteiger partial charge on any atom is -0.479 e. The number of rotatable bonds is 11. The van der Waals surface area contributed by atoms with E-state index in [4.69, 9.17) is 9.47 Å². The first-order valence-electron chi connectivity index (χ1n) is 12.2. The van der Waals surface area contributed by atoms with Gasteiger partial charge in [-0.1, -0.05) is 61.4 Å². The van der Waals surface area contributed by atoms with E-state index in [2.05, 4.69) is 34.9 Å². The fraction of sp³-hybridized carbons (Fsp3) is 0.444. The fourth-order valence-electron chi connectivity index (χ4n) is 4.82. The van der Waals surface area contributed by atoms with Gasteiger partial charge in [-0.05, 0) is 35.1 Å². The zero-order valence-electron chi connectivity index (χ0n) is 19.8. The molecule has 2 aliphatic rings. The Morgan fingerprint density at radius 3 is 2.26 bits per heavy atom. The number of hydrogen-bond donors (Lipinski definition) is 3. The fourth-order valence-corrected chi connectivity index (χ4v) is 4.82. The Balaban J connectivity index is 1.10. The first-order valence-corrected chi connectivity index (χ1v) is 12.2. The molecule has 1 aliphatic carbocycles. The smallest absolute Gasteiger partial charge is 0.407 e. The van der Waals surface area contributed by atoms with Gasteiger partial charge in [0.1, 0.15) is 6.61 Å². The molecule has 4 rings (SSSR count). The lowest BCUT2D eigenvalue weighted by Crippen LogP contribution is -2.55. The predicted octanol–water partition coefficient (Wildman–Crippen LogP) is 3.84. The van der Waals surface area contributed by atoms with Crippen LogP contribution in [0.1, 0.15) is 55.6 Å². The zero-order valence-corrected chi connectivity index (χ0v) is 19.8. The third kappa shape index (κ3) is 5.82. The summed E-state index contributed by atoms with van der Waals surface area (Å²) in [6.07, 6.45) is 3.24. The van der Waals surface area contributed by atoms with Crippen molar-refractivity contribution in [2.75, 3.05) is 26.4 Å². The molecule has 1 fully saturated rings. The molecule has 0 aromatic heterocycles. The summed E-state index contributed by atoms with van der Waals surface area (Å²) in [5.74, 6) is -1.28. The Labute approximate surface area is 205 Å². The van der Waals surface area contributed by atoms with Gasteiger partial charge < -0.3 is 25.2 Å². The number of unbranched alkanes of at least 4 members (excludes halogenated alkanes) is 3. The molecule has 8 nitrogen and oxygen atoms in total. The molecule has 1 atom stereocenters. The SMILES string of the molecule is O=C(CCCCCCNC(=O)OCC1c2ccccc2-c2ccccc21)NC1(C(=O)O)CCOC1. The van der Waals surface area contributed by atoms with Gasteiger partial charge in [-0.25, -0.2) is 9.59 Å². The van der Waals surface area contributed by atoms with Gasteiger partial charge in [0, 0.05) is 31.9 Å². The first kappa shape index (κ1) is 24.7. The van der Waals surface area contributed by atoms with Gasteiger partial charge in [0.15, 0.2) is 5.54 Å². The second-order valence-corrected chi connectivity index (χ2v) is 9.15. The molecule has 35 heavy (non-hydrogen) atoms. The van der Waals surface area contributed by atoms with E-state index >= 15 is 0 Å². The molecule has 2 amide bonds. The second kappa shape index (κ2) is 11.4. The molecule has 1 heterocycles. The minimum atomic E-state index is -1.29. The average Bonchev–Trinajstić information content (AvgIpc) is 3.46. The number of carbonyl (C=O) groups is 3. The molecular formula is C27H32N2O6. The number of fused-ring (bicyclic) bond motifs is 3. The van der Waals surface area contributed by atoms with E-state index in [0.29, 0.717) is 19.6 Å². The van der Waals surface area contributed by atoms with Crippen LogP contribution in [0, 0.1) is 0 Å². The monoisotopic (exact) mass is 480 g/mol. The minimum absolute atomic E-state index is 0.00954. The largest absolute Gasteiger partial charge is 0.479 e. The number of amides is 2. The van der Waals surface area contributed by atoms with Crippen molar-refractivity contribution in [3.8, 4) is 11.1 Å². The Bertz CT molecular complexity index is 1020. The van der Waals surface area contributed by atoms with Gasteiger partial charge in [0.05, 0.1) is 6.61 Å². The van der Waals surface area contributed by atoms with Crippen molar-refractivity contribution in [2.45, 2.75) is 50.0 Å². The van der Waals surface area contributed by atoms with Crippen LogP contribution < -0.4 is 10.6 Å². The van der Waals surface area contributed by atoms with Gasteiger partial charge in [-0.2, -0.15) is 0 Å². The van der Waals surface area contributed by atoms with Crippen molar-refractivity contribution < 1.29 is 29.0 Å². The summed E-state index contributed by atoms with van der Waals surface area (Å²) in [6.45, 7) is 1.14. The average molecular weight is 481 g/mol. The molecule has 0 spiro atoms. The van der Waals surface area contributed by atoms with Crippen molar-refractivity contribution in [1.82, 2.24) is 10.6 Å². The number of hydrogen-bond acceptors (Lipinski definition) is 5. The van der Waals surface area contributed by atoms with E-state index in [0.717, 1.165) is 19.3 Å². The lowest BCUT2D eigenvalue weighted by molar-refractivity contribution is -0.147. The lowest BCUT2D eigenvalue weighted by Gasteiger charge is -2.23. The van der Waals surface area contributed by atoms with E-state index < -0.39 is 17.6 Å². The van der Waals surface area contributed by atoms with Crippen molar-refractivity contribution in [3.05, 3.63) is 59.7 Å². The summed E-state index contributed by atoms with van der Waals surface area (Å²) in [5, 5.41) is 14.8. The van der Waals surface area contributed by atoms with Crippen LogP contribution in [0.25, 0.3) is 11.1 Å². The summed E-state index contributed by atoms with van der Waals surface area (Å²) in [6, 6.07) is 16.4. The number of benzene rings is 2. The van der Waals surface area contributed by atoms with Gasteiger partial charge >= 0.3 is 12.1 Å². The maximum absolute atomic E-state index is 12.2. The third-order valence-corrected chi connectivity index (χ3v) is 6.75. The number of aliphatic carboxylic acids is 1. The molecule has 1 saturated heterocycles. The van der Waals surface area contributed by atoms with Crippen LogP contribution >= 0.6 is 0 Å². The summed E-state index contributed by atoms with van der Waals surface area (Å²) in [7, 11) is 0. The predicted molar refractivity (Wildman–Crippen MR) is 130 cm³/mol. The van der Waals surface area contributed by atoms with Crippen molar-refractivity contribution in [3.63, 3.8) is 0 Å². The van der Waals surface area contributed by atoms with E-state index in [1.54, 1.807) is 0 Å². The number of ether oxygens (including phenoxy) is 2. The highest BCUT2D eigenvalue weighted by Crippen LogP contribution is 2.44. The van der Waals surface area contributed by atoms with Crippen LogP contribution in [0.15, 0.2) is 48.5 Å². The Morgan fingerprint density at radius 2 is 1.63 bits per heavy atom. The van der Waals surface area contributed by atoms with Crippen LogP contribution in [-0.2, 0) is 19.1 Å². The van der Waals surface area contributed by atoms with Crippen LogP contribution in [0.3, 0.4) is 0 Å². The third-order valence-electron chi connectivity index (χ3n) is 6.75. The Hall–Kier alpha value is -3.39. The molecule has 8 heteroatoms. The number of carboxylic acid groups (broad SMARTS) is 1. The molecule has 0 saturated carbocycles. The summed E-state index contributed by atoms with van der Waals surface area (Å²) in [4.78, 5) is 35.8. The quantitative estimate of drug-likeness (QED) is 0.421. The number of nitrogens with one attached hydrogen (secondary N) is 2. The summed E-state index contributed by atoms with van der Waals surface area (Å²) in [5.41, 5.74) is 3.46. The van der Waals surface area contributed by atoms with E-state index in [9.17, 15) is 19.5 Å². The molecule has 186 valence electrons. The molecule has 2 aromatic carbocycles. The standard InChI is InChI=1S/C27H32N2O6/c30-24(29-27(25(31)32)14-16-34-18-27)13-3-1-2-8-15-28-26(33)35-17-23-21-11-6-4-9-19(21)20-10-5-7-12-22(20)23/h4-7,9-12,23H,1-3,8,13-18H2,(H,28,33)(H,29,30)(H,31,32). The number of alkyl carbamates (subject to hydrolysis) is 1. The normalized spacial score (nSPS) is 18.5.